The molecule has 3 rings (SSSR count). The zero-order chi connectivity index (χ0) is 21.7. The van der Waals surface area contributed by atoms with Gasteiger partial charge in [0.25, 0.3) is 0 Å². The van der Waals surface area contributed by atoms with Gasteiger partial charge in [0.15, 0.2) is 0 Å². The number of carbonyl (C=O) groups is 3. The van der Waals surface area contributed by atoms with Crippen LogP contribution in [0.15, 0.2) is 48.5 Å². The van der Waals surface area contributed by atoms with Crippen LogP contribution in [0.5, 0.6) is 0 Å². The topological polar surface area (TPSA) is 113 Å². The third-order valence-corrected chi connectivity index (χ3v) is 5.53. The third kappa shape index (κ3) is 4.97. The first kappa shape index (κ1) is 21.4. The van der Waals surface area contributed by atoms with Crippen LogP contribution in [0.2, 0.25) is 0 Å². The van der Waals surface area contributed by atoms with Gasteiger partial charge in [-0.15, -0.1) is 0 Å². The minimum Gasteiger partial charge on any atom is -0.481 e. The van der Waals surface area contributed by atoms with E-state index in [1.54, 1.807) is 6.92 Å². The first-order valence-corrected chi connectivity index (χ1v) is 9.86. The minimum absolute atomic E-state index is 0.0903. The van der Waals surface area contributed by atoms with Crippen LogP contribution in [0.4, 0.5) is 4.79 Å². The number of nitrogens with one attached hydrogen (secondary N) is 1. The van der Waals surface area contributed by atoms with Gasteiger partial charge in [0.1, 0.15) is 6.61 Å². The van der Waals surface area contributed by atoms with E-state index in [0.717, 1.165) is 22.3 Å². The van der Waals surface area contributed by atoms with Crippen LogP contribution in [0.25, 0.3) is 11.1 Å². The Kier molecular flexibility index (Phi) is 6.40. The molecule has 0 aromatic heterocycles. The van der Waals surface area contributed by atoms with Crippen LogP contribution < -0.4 is 5.32 Å². The maximum atomic E-state index is 12.5. The monoisotopic (exact) mass is 411 g/mol. The van der Waals surface area contributed by atoms with Gasteiger partial charge in [-0.3, -0.25) is 9.59 Å². The lowest BCUT2D eigenvalue weighted by molar-refractivity contribution is -0.137. The van der Waals surface area contributed by atoms with E-state index in [2.05, 4.69) is 5.32 Å². The molecule has 0 heterocycles. The van der Waals surface area contributed by atoms with Crippen molar-refractivity contribution in [3.8, 4) is 11.1 Å². The van der Waals surface area contributed by atoms with Gasteiger partial charge >= 0.3 is 18.0 Å². The second-order valence-electron chi connectivity index (χ2n) is 7.80. The van der Waals surface area contributed by atoms with Crippen molar-refractivity contribution in [2.75, 3.05) is 6.61 Å². The molecule has 3 N–H and O–H groups in total. The summed E-state index contributed by atoms with van der Waals surface area (Å²) in [6.07, 6.45) is -0.825. The summed E-state index contributed by atoms with van der Waals surface area (Å²) in [4.78, 5) is 34.4. The maximum absolute atomic E-state index is 12.5. The Morgan fingerprint density at radius 3 is 1.83 bits per heavy atom. The molecule has 0 bridgehead atoms. The van der Waals surface area contributed by atoms with E-state index in [1.165, 1.54) is 0 Å². The summed E-state index contributed by atoms with van der Waals surface area (Å²) in [5.74, 6) is -2.11. The molecule has 30 heavy (non-hydrogen) atoms. The van der Waals surface area contributed by atoms with E-state index in [9.17, 15) is 14.4 Å². The Morgan fingerprint density at radius 2 is 1.37 bits per heavy atom. The molecule has 1 amide bonds. The van der Waals surface area contributed by atoms with Crippen LogP contribution in [0.1, 0.15) is 49.7 Å². The molecule has 0 spiro atoms. The zero-order valence-electron chi connectivity index (χ0n) is 16.8. The Balaban J connectivity index is 1.68. The van der Waals surface area contributed by atoms with Crippen LogP contribution in [0.3, 0.4) is 0 Å². The van der Waals surface area contributed by atoms with Crippen molar-refractivity contribution in [1.29, 1.82) is 0 Å². The second-order valence-corrected chi connectivity index (χ2v) is 7.80. The summed E-state index contributed by atoms with van der Waals surface area (Å²) in [6, 6.07) is 16.0. The van der Waals surface area contributed by atoms with Crippen LogP contribution in [-0.2, 0) is 14.3 Å². The van der Waals surface area contributed by atoms with Crippen molar-refractivity contribution < 1.29 is 29.3 Å². The van der Waals surface area contributed by atoms with Crippen LogP contribution >= 0.6 is 0 Å². The van der Waals surface area contributed by atoms with Gasteiger partial charge < -0.3 is 20.3 Å². The van der Waals surface area contributed by atoms with Gasteiger partial charge in [0.2, 0.25) is 0 Å². The predicted molar refractivity (Wildman–Crippen MR) is 110 cm³/mol. The van der Waals surface area contributed by atoms with Gasteiger partial charge in [-0.25, -0.2) is 4.79 Å². The SMILES string of the molecule is CC(CCC(=O)O)(CCC(=O)O)NC(=O)OCC1c2ccccc2-c2ccccc21. The van der Waals surface area contributed by atoms with Crippen molar-refractivity contribution in [1.82, 2.24) is 5.32 Å². The highest BCUT2D eigenvalue weighted by Gasteiger charge is 2.31. The zero-order valence-corrected chi connectivity index (χ0v) is 16.8. The van der Waals surface area contributed by atoms with Crippen LogP contribution in [0, 0.1) is 0 Å². The molecule has 7 heteroatoms. The molecule has 0 saturated heterocycles. The minimum atomic E-state index is -1.01. The fourth-order valence-corrected chi connectivity index (χ4v) is 3.90. The van der Waals surface area contributed by atoms with Crippen molar-refractivity contribution in [2.24, 2.45) is 0 Å². The highest BCUT2D eigenvalue weighted by Crippen LogP contribution is 2.44. The van der Waals surface area contributed by atoms with Gasteiger partial charge in [0, 0.05) is 24.3 Å². The number of carboxylic acids is 2. The smallest absolute Gasteiger partial charge is 0.407 e. The molecule has 0 unspecified atom stereocenters. The second kappa shape index (κ2) is 8.98. The number of carbonyl (C=O) groups excluding carboxylic acids is 1. The Bertz CT molecular complexity index is 891. The number of rotatable bonds is 9. The molecule has 0 saturated carbocycles. The van der Waals surface area contributed by atoms with Gasteiger partial charge in [-0.2, -0.15) is 0 Å². The molecule has 0 aliphatic heterocycles. The number of fused-ring (bicyclic) bond motifs is 3. The number of aliphatic carboxylic acids is 2. The van der Waals surface area contributed by atoms with Crippen molar-refractivity contribution in [3.63, 3.8) is 0 Å². The lowest BCUT2D eigenvalue weighted by Gasteiger charge is -2.30. The first-order valence-electron chi connectivity index (χ1n) is 9.86. The van der Waals surface area contributed by atoms with Gasteiger partial charge in [-0.1, -0.05) is 48.5 Å². The fourth-order valence-electron chi connectivity index (χ4n) is 3.90. The molecule has 158 valence electrons. The summed E-state index contributed by atoms with van der Waals surface area (Å²) >= 11 is 0. The molecule has 7 nitrogen and oxygen atoms in total. The number of hydrogen-bond donors (Lipinski definition) is 3. The van der Waals surface area contributed by atoms with Crippen molar-refractivity contribution in [2.45, 2.75) is 44.1 Å². The van der Waals surface area contributed by atoms with E-state index in [0.29, 0.717) is 0 Å². The molecule has 0 fully saturated rings. The largest absolute Gasteiger partial charge is 0.481 e. The van der Waals surface area contributed by atoms with Gasteiger partial charge in [-0.05, 0) is 42.0 Å². The number of benzene rings is 2. The summed E-state index contributed by atoms with van der Waals surface area (Å²) < 4.78 is 5.50. The number of amides is 1. The summed E-state index contributed by atoms with van der Waals surface area (Å²) in [5, 5.41) is 20.6. The average Bonchev–Trinajstić information content (AvgIpc) is 3.03. The van der Waals surface area contributed by atoms with E-state index < -0.39 is 23.6 Å². The first-order chi connectivity index (χ1) is 14.3. The number of carboxylic acid groups (broad SMARTS) is 2. The molecule has 2 aromatic carbocycles. The Hall–Kier alpha value is -3.35. The highest BCUT2D eigenvalue weighted by molar-refractivity contribution is 5.79. The summed E-state index contributed by atoms with van der Waals surface area (Å²) in [5.41, 5.74) is 3.43. The lowest BCUT2D eigenvalue weighted by atomic mass is 9.90. The molecule has 2 aromatic rings. The van der Waals surface area contributed by atoms with Crippen LogP contribution in [-0.4, -0.2) is 40.4 Å². The molecule has 1 aliphatic rings. The Labute approximate surface area is 174 Å². The van der Waals surface area contributed by atoms with E-state index in [-0.39, 0.29) is 38.2 Å². The molecule has 0 atom stereocenters. The normalized spacial score (nSPS) is 12.7. The standard InChI is InChI=1S/C23H25NO6/c1-23(12-10-20(25)26,13-11-21(27)28)24-22(29)30-14-19-17-8-4-2-6-15(17)16-7-3-5-9-18(16)19/h2-9,19H,10-14H2,1H3,(H,24,29)(H,25,26)(H,27,28). The van der Waals surface area contributed by atoms with Crippen molar-refractivity contribution >= 4 is 18.0 Å². The quantitative estimate of drug-likeness (QED) is 0.575. The van der Waals surface area contributed by atoms with Crippen molar-refractivity contribution in [3.05, 3.63) is 59.7 Å². The summed E-state index contributed by atoms with van der Waals surface area (Å²) in [6.45, 7) is 1.77. The molecular weight excluding hydrogens is 386 g/mol. The predicted octanol–water partition coefficient (Wildman–Crippen LogP) is 4.01. The van der Waals surface area contributed by atoms with Gasteiger partial charge in [0.05, 0.1) is 0 Å². The number of alkyl carbamates (subject to hydrolysis) is 1. The number of ether oxygens (including phenoxy) is 1. The number of hydrogen-bond acceptors (Lipinski definition) is 4. The highest BCUT2D eigenvalue weighted by atomic mass is 16.5. The Morgan fingerprint density at radius 1 is 0.900 bits per heavy atom. The third-order valence-electron chi connectivity index (χ3n) is 5.53. The molecule has 1 aliphatic carbocycles. The lowest BCUT2D eigenvalue weighted by Crippen LogP contribution is -2.47. The molecule has 0 radical (unpaired) electrons. The van der Waals surface area contributed by atoms with E-state index >= 15 is 0 Å². The fraction of sp³-hybridized carbons (Fsp3) is 0.348. The molecular formula is C23H25NO6. The van der Waals surface area contributed by atoms with E-state index in [1.807, 2.05) is 48.5 Å². The van der Waals surface area contributed by atoms with E-state index in [4.69, 9.17) is 14.9 Å². The maximum Gasteiger partial charge on any atom is 0.407 e. The summed E-state index contributed by atoms with van der Waals surface area (Å²) in [7, 11) is 0. The average molecular weight is 411 g/mol.